The highest BCUT2D eigenvalue weighted by Gasteiger charge is 2.25. The molecule has 0 fully saturated rings. The molecule has 1 aromatic carbocycles. The molecule has 0 spiro atoms. The number of nitriles is 1. The summed E-state index contributed by atoms with van der Waals surface area (Å²) in [7, 11) is 1.20. The summed E-state index contributed by atoms with van der Waals surface area (Å²) in [6.45, 7) is 0.795. The summed E-state index contributed by atoms with van der Waals surface area (Å²) in [6.07, 6.45) is 0. The maximum Gasteiger partial charge on any atom is 0.244 e. The lowest BCUT2D eigenvalue weighted by atomic mass is 10.2. The van der Waals surface area contributed by atoms with E-state index in [0.717, 1.165) is 10.4 Å². The van der Waals surface area contributed by atoms with Crippen molar-refractivity contribution in [3.05, 3.63) is 29.6 Å². The Hall–Kier alpha value is -1.49. The zero-order chi connectivity index (χ0) is 14.6. The Kier molecular flexibility index (Phi) is 5.00. The molecule has 5 nitrogen and oxygen atoms in total. The Labute approximate surface area is 112 Å². The molecule has 7 heteroatoms. The first-order valence-electron chi connectivity index (χ1n) is 5.60. The van der Waals surface area contributed by atoms with Gasteiger partial charge in [0.1, 0.15) is 22.3 Å². The van der Waals surface area contributed by atoms with E-state index >= 15 is 0 Å². The minimum atomic E-state index is -3.86. The fraction of sp³-hybridized carbons (Fsp3) is 0.417. The lowest BCUT2D eigenvalue weighted by molar-refractivity contribution is 0.358. The van der Waals surface area contributed by atoms with Crippen LogP contribution in [0.5, 0.6) is 0 Å². The van der Waals surface area contributed by atoms with E-state index in [2.05, 4.69) is 0 Å². The minimum absolute atomic E-state index is 0.261. The monoisotopic (exact) mass is 285 g/mol. The maximum absolute atomic E-state index is 13.4. The normalized spacial score (nSPS) is 11.8. The van der Waals surface area contributed by atoms with Gasteiger partial charge in [0.2, 0.25) is 10.0 Å². The first kappa shape index (κ1) is 15.6. The third kappa shape index (κ3) is 3.50. The van der Waals surface area contributed by atoms with Crippen molar-refractivity contribution in [1.82, 2.24) is 9.21 Å². The molecule has 0 saturated heterocycles. The number of rotatable bonds is 5. The molecule has 0 saturated carbocycles. The largest absolute Gasteiger partial charge is 0.308 e. The standard InChI is InChI=1S/C12H16FN3O2S/c1-15(2)7-8-16(3)19(17,18)12-6-4-5-11(13)10(12)9-14/h4-6H,7-8H2,1-3H3. The smallest absolute Gasteiger partial charge is 0.244 e. The maximum atomic E-state index is 13.4. The third-order valence-corrected chi connectivity index (χ3v) is 4.54. The first-order valence-corrected chi connectivity index (χ1v) is 7.04. The molecule has 0 aliphatic heterocycles. The van der Waals surface area contributed by atoms with E-state index in [1.54, 1.807) is 6.07 Å². The summed E-state index contributed by atoms with van der Waals surface area (Å²) in [5.41, 5.74) is -0.445. The van der Waals surface area contributed by atoms with Gasteiger partial charge in [-0.25, -0.2) is 12.8 Å². The summed E-state index contributed by atoms with van der Waals surface area (Å²) >= 11 is 0. The molecule has 1 aromatic rings. The van der Waals surface area contributed by atoms with Gasteiger partial charge in [-0.1, -0.05) is 6.07 Å². The van der Waals surface area contributed by atoms with Crippen LogP contribution < -0.4 is 0 Å². The van der Waals surface area contributed by atoms with E-state index in [0.29, 0.717) is 6.54 Å². The van der Waals surface area contributed by atoms with Gasteiger partial charge < -0.3 is 4.90 Å². The van der Waals surface area contributed by atoms with E-state index in [1.807, 2.05) is 19.0 Å². The second-order valence-electron chi connectivity index (χ2n) is 4.35. The van der Waals surface area contributed by atoms with Gasteiger partial charge >= 0.3 is 0 Å². The zero-order valence-electron chi connectivity index (χ0n) is 11.1. The fourth-order valence-corrected chi connectivity index (χ4v) is 2.77. The third-order valence-electron chi connectivity index (χ3n) is 2.64. The number of halogens is 1. The number of hydrogen-bond donors (Lipinski definition) is 0. The van der Waals surface area contributed by atoms with Gasteiger partial charge in [0.15, 0.2) is 0 Å². The van der Waals surface area contributed by atoms with E-state index in [1.165, 1.54) is 19.2 Å². The van der Waals surface area contributed by atoms with Gasteiger partial charge in [-0.2, -0.15) is 9.57 Å². The van der Waals surface area contributed by atoms with Crippen LogP contribution in [-0.4, -0.2) is 51.9 Å². The summed E-state index contributed by atoms with van der Waals surface area (Å²) < 4.78 is 39.1. The van der Waals surface area contributed by atoms with E-state index < -0.39 is 21.4 Å². The molecule has 19 heavy (non-hydrogen) atoms. The molecule has 0 aliphatic carbocycles. The van der Waals surface area contributed by atoms with Crippen molar-refractivity contribution >= 4 is 10.0 Å². The fourth-order valence-electron chi connectivity index (χ4n) is 1.46. The Bertz CT molecular complexity index is 593. The quantitative estimate of drug-likeness (QED) is 0.805. The van der Waals surface area contributed by atoms with Crippen molar-refractivity contribution in [2.45, 2.75) is 4.90 Å². The molecule has 0 atom stereocenters. The molecule has 0 aromatic heterocycles. The second kappa shape index (κ2) is 6.10. The number of sulfonamides is 1. The summed E-state index contributed by atoms with van der Waals surface area (Å²) in [5, 5.41) is 8.88. The van der Waals surface area contributed by atoms with Crippen LogP contribution >= 0.6 is 0 Å². The van der Waals surface area contributed by atoms with Gasteiger partial charge in [0, 0.05) is 20.1 Å². The Morgan fingerprint density at radius 2 is 1.89 bits per heavy atom. The highest BCUT2D eigenvalue weighted by atomic mass is 32.2. The second-order valence-corrected chi connectivity index (χ2v) is 6.37. The molecule has 0 unspecified atom stereocenters. The van der Waals surface area contributed by atoms with Gasteiger partial charge in [0.25, 0.3) is 0 Å². The van der Waals surface area contributed by atoms with E-state index in [9.17, 15) is 12.8 Å². The lowest BCUT2D eigenvalue weighted by Crippen LogP contribution is -2.34. The van der Waals surface area contributed by atoms with E-state index in [-0.39, 0.29) is 11.4 Å². The topological polar surface area (TPSA) is 64.4 Å². The molecular formula is C12H16FN3O2S. The van der Waals surface area contributed by atoms with E-state index in [4.69, 9.17) is 5.26 Å². The minimum Gasteiger partial charge on any atom is -0.308 e. The number of hydrogen-bond acceptors (Lipinski definition) is 4. The van der Waals surface area contributed by atoms with Gasteiger partial charge in [-0.05, 0) is 26.2 Å². The Balaban J connectivity index is 3.15. The van der Waals surface area contributed by atoms with Crippen LogP contribution in [0.3, 0.4) is 0 Å². The van der Waals surface area contributed by atoms with Crippen molar-refractivity contribution in [3.8, 4) is 6.07 Å². The molecule has 1 rings (SSSR count). The number of likely N-dealkylation sites (N-methyl/N-ethyl adjacent to an activating group) is 2. The Morgan fingerprint density at radius 1 is 1.26 bits per heavy atom. The predicted molar refractivity (Wildman–Crippen MR) is 69.5 cm³/mol. The van der Waals surface area contributed by atoms with Crippen LogP contribution in [0.25, 0.3) is 0 Å². The molecule has 0 radical (unpaired) electrons. The van der Waals surface area contributed by atoms with Crippen LogP contribution in [0.1, 0.15) is 5.56 Å². The van der Waals surface area contributed by atoms with Gasteiger partial charge in [-0.3, -0.25) is 0 Å². The highest BCUT2D eigenvalue weighted by molar-refractivity contribution is 7.89. The van der Waals surface area contributed by atoms with Crippen LogP contribution in [0.4, 0.5) is 4.39 Å². The number of nitrogens with zero attached hydrogens (tertiary/aromatic N) is 3. The lowest BCUT2D eigenvalue weighted by Gasteiger charge is -2.20. The Morgan fingerprint density at radius 3 is 2.42 bits per heavy atom. The van der Waals surface area contributed by atoms with Gasteiger partial charge in [-0.15, -0.1) is 0 Å². The molecule has 0 bridgehead atoms. The summed E-state index contributed by atoms with van der Waals surface area (Å²) in [5.74, 6) is -0.829. The molecule has 0 amide bonds. The molecule has 0 N–H and O–H groups in total. The molecule has 0 heterocycles. The van der Waals surface area contributed by atoms with Crippen LogP contribution in [0, 0.1) is 17.1 Å². The zero-order valence-corrected chi connectivity index (χ0v) is 11.9. The van der Waals surface area contributed by atoms with Crippen molar-refractivity contribution in [3.63, 3.8) is 0 Å². The van der Waals surface area contributed by atoms with Crippen LogP contribution in [-0.2, 0) is 10.0 Å². The molecular weight excluding hydrogens is 269 g/mol. The predicted octanol–water partition coefficient (Wildman–Crippen LogP) is 0.879. The van der Waals surface area contributed by atoms with Crippen LogP contribution in [0.15, 0.2) is 23.1 Å². The number of benzene rings is 1. The first-order chi connectivity index (χ1) is 8.80. The van der Waals surface area contributed by atoms with Crippen molar-refractivity contribution < 1.29 is 12.8 Å². The highest BCUT2D eigenvalue weighted by Crippen LogP contribution is 2.20. The van der Waals surface area contributed by atoms with Crippen molar-refractivity contribution in [2.24, 2.45) is 0 Å². The summed E-state index contributed by atoms with van der Waals surface area (Å²) in [6, 6.07) is 5.19. The van der Waals surface area contributed by atoms with Crippen molar-refractivity contribution in [1.29, 1.82) is 5.26 Å². The average Bonchev–Trinajstić information content (AvgIpc) is 2.35. The van der Waals surface area contributed by atoms with Gasteiger partial charge in [0.05, 0.1) is 0 Å². The molecule has 104 valence electrons. The average molecular weight is 285 g/mol. The van der Waals surface area contributed by atoms with Crippen molar-refractivity contribution in [2.75, 3.05) is 34.2 Å². The SMILES string of the molecule is CN(C)CCN(C)S(=O)(=O)c1cccc(F)c1C#N. The summed E-state index contributed by atoms with van der Waals surface area (Å²) in [4.78, 5) is 1.54. The molecule has 0 aliphatic rings. The van der Waals surface area contributed by atoms with Crippen LogP contribution in [0.2, 0.25) is 0 Å².